The van der Waals surface area contributed by atoms with Gasteiger partial charge in [-0.3, -0.25) is 76.7 Å². The summed E-state index contributed by atoms with van der Waals surface area (Å²) in [5.41, 5.74) is 0. The van der Waals surface area contributed by atoms with Crippen LogP contribution in [-0.2, 0) is 115 Å². The number of ether oxygens (including phenoxy) is 8. The number of carboxylic acid groups (broad SMARTS) is 8. The zero-order chi connectivity index (χ0) is 85.7. The molecule has 8 N–H and O–H groups in total. The summed E-state index contributed by atoms with van der Waals surface area (Å²) in [5, 5.41) is 71.0. The standard InChI is InChI=1S/8C10H16O4/c8*1-6-5-7(10(13)14-2)3-4-8(6)9(11)12/h8*6-8H,3-5H2,1-2H3,(H,11,12)/t8*6-,7+,8+/m00000000/s1. The Bertz CT molecular complexity index is 2490. The molecule has 8 aliphatic rings. The first-order valence-electron chi connectivity index (χ1n) is 38.9. The smallest absolute Gasteiger partial charge is 0.308 e. The van der Waals surface area contributed by atoms with E-state index < -0.39 is 47.8 Å². The van der Waals surface area contributed by atoms with Crippen LogP contribution in [0.4, 0.5) is 0 Å². The SMILES string of the molecule is COC(=O)[C@@H]1CC[C@@H](C(=O)O)[C@@H](C)C1.COC(=O)[C@@H]1CC[C@@H](C(=O)O)[C@@H](C)C1.COC(=O)[C@@H]1CC[C@@H](C(=O)O)[C@@H](C)C1.COC(=O)[C@@H]1CC[C@@H](C(=O)O)[C@@H](C)C1.COC(=O)[C@@H]1CC[C@@H](C(=O)O)[C@@H](C)C1.COC(=O)[C@@H]1CC[C@@H](C(=O)O)[C@@H](C)C1.COC(=O)[C@@H]1CC[C@@H](C(=O)O)[C@@H](C)C1.COC(=O)[C@@H]1CC[C@@H](C(=O)O)[C@@H](C)C1. The zero-order valence-corrected chi connectivity index (χ0v) is 68.2. The minimum atomic E-state index is -0.749. The molecule has 8 aliphatic carbocycles. The molecule has 0 amide bonds. The van der Waals surface area contributed by atoms with Gasteiger partial charge < -0.3 is 78.7 Å². The van der Waals surface area contributed by atoms with E-state index >= 15 is 0 Å². The quantitative estimate of drug-likeness (QED) is 0.0526. The fourth-order valence-corrected chi connectivity index (χ4v) is 17.2. The van der Waals surface area contributed by atoms with Crippen LogP contribution in [0.5, 0.6) is 0 Å². The molecule has 0 saturated heterocycles. The second kappa shape index (κ2) is 51.3. The van der Waals surface area contributed by atoms with Crippen molar-refractivity contribution >= 4 is 95.5 Å². The van der Waals surface area contributed by atoms with Crippen LogP contribution in [0.1, 0.15) is 209 Å². The molecular weight excluding hydrogens is 1470 g/mol. The molecule has 0 bridgehead atoms. The van der Waals surface area contributed by atoms with Crippen LogP contribution in [-0.4, -0.2) is 193 Å². The van der Waals surface area contributed by atoms with Crippen LogP contribution in [0.25, 0.3) is 0 Å². The first kappa shape index (κ1) is 102. The molecule has 0 unspecified atom stereocenters. The second-order valence-corrected chi connectivity index (χ2v) is 31.6. The number of carbonyl (C=O) groups is 16. The molecule has 8 rings (SSSR count). The van der Waals surface area contributed by atoms with Crippen molar-refractivity contribution in [3.63, 3.8) is 0 Å². The number of hydrogen-bond acceptors (Lipinski definition) is 24. The number of hydrogen-bond donors (Lipinski definition) is 8. The van der Waals surface area contributed by atoms with E-state index in [0.29, 0.717) is 154 Å². The number of carbonyl (C=O) groups excluding carboxylic acids is 8. The number of esters is 8. The Hall–Kier alpha value is -8.48. The Labute approximate surface area is 656 Å². The molecule has 8 fully saturated rings. The van der Waals surface area contributed by atoms with Gasteiger partial charge in [0.15, 0.2) is 0 Å². The fraction of sp³-hybridized carbons (Fsp3) is 0.800. The summed E-state index contributed by atoms with van der Waals surface area (Å²) in [7, 11) is 11.0. The molecule has 24 atom stereocenters. The molecule has 112 heavy (non-hydrogen) atoms. The van der Waals surface area contributed by atoms with Crippen LogP contribution in [0.2, 0.25) is 0 Å². The number of methoxy groups -OCH3 is 8. The Kier molecular flexibility index (Phi) is 46.5. The van der Waals surface area contributed by atoms with Crippen molar-refractivity contribution < 1.29 is 155 Å². The highest BCUT2D eigenvalue weighted by Gasteiger charge is 2.43. The van der Waals surface area contributed by atoms with Crippen molar-refractivity contribution in [3.05, 3.63) is 0 Å². The van der Waals surface area contributed by atoms with Gasteiger partial charge in [-0.25, -0.2) is 0 Å². The molecule has 0 aromatic carbocycles. The summed E-state index contributed by atoms with van der Waals surface area (Å²) in [6, 6.07) is 0. The molecule has 0 aliphatic heterocycles. The minimum absolute atomic E-state index is 0.0605. The van der Waals surface area contributed by atoms with Crippen LogP contribution in [0, 0.1) is 142 Å². The van der Waals surface area contributed by atoms with Crippen molar-refractivity contribution in [2.24, 2.45) is 142 Å². The molecule has 640 valence electrons. The molecule has 0 heterocycles. The predicted octanol–water partition coefficient (Wildman–Crippen LogP) is 10.4. The Morgan fingerprint density at radius 2 is 0.250 bits per heavy atom. The number of rotatable bonds is 16. The van der Waals surface area contributed by atoms with E-state index in [-0.39, 0.29) is 190 Å². The predicted molar refractivity (Wildman–Crippen MR) is 397 cm³/mol. The van der Waals surface area contributed by atoms with Crippen molar-refractivity contribution in [2.75, 3.05) is 56.9 Å². The molecule has 32 heteroatoms. The Morgan fingerprint density at radius 3 is 0.304 bits per heavy atom. The fourth-order valence-electron chi connectivity index (χ4n) is 17.2. The lowest BCUT2D eigenvalue weighted by molar-refractivity contribution is -0.152. The van der Waals surface area contributed by atoms with Crippen LogP contribution < -0.4 is 0 Å². The van der Waals surface area contributed by atoms with Crippen molar-refractivity contribution in [1.29, 1.82) is 0 Å². The van der Waals surface area contributed by atoms with Crippen LogP contribution >= 0.6 is 0 Å². The third-order valence-electron chi connectivity index (χ3n) is 24.2. The summed E-state index contributed by atoms with van der Waals surface area (Å²) < 4.78 is 37.2. The molecule has 8 saturated carbocycles. The van der Waals surface area contributed by atoms with Gasteiger partial charge >= 0.3 is 95.5 Å². The third-order valence-corrected chi connectivity index (χ3v) is 24.2. The van der Waals surface area contributed by atoms with Gasteiger partial charge in [0.05, 0.1) is 152 Å². The van der Waals surface area contributed by atoms with E-state index in [9.17, 15) is 76.7 Å². The summed E-state index contributed by atoms with van der Waals surface area (Å²) in [5.74, 6) is -10.4. The first-order chi connectivity index (χ1) is 52.5. The minimum Gasteiger partial charge on any atom is -0.481 e. The van der Waals surface area contributed by atoms with Crippen molar-refractivity contribution in [2.45, 2.75) is 209 Å². The lowest BCUT2D eigenvalue weighted by Gasteiger charge is -2.29. The van der Waals surface area contributed by atoms with E-state index in [1.807, 2.05) is 55.4 Å². The lowest BCUT2D eigenvalue weighted by atomic mass is 9.75. The lowest BCUT2D eigenvalue weighted by Crippen LogP contribution is -2.32. The zero-order valence-electron chi connectivity index (χ0n) is 68.2. The first-order valence-corrected chi connectivity index (χ1v) is 38.9. The maximum absolute atomic E-state index is 11.2. The number of aliphatic carboxylic acids is 8. The summed E-state index contributed by atoms with van der Waals surface area (Å²) in [6.45, 7) is 15.1. The number of carboxylic acids is 8. The highest BCUT2D eigenvalue weighted by molar-refractivity contribution is 5.79. The normalized spacial score (nSPS) is 32.3. The van der Waals surface area contributed by atoms with E-state index in [0.717, 1.165) is 0 Å². The summed E-state index contributed by atoms with van der Waals surface area (Å²) in [4.78, 5) is 176. The topological polar surface area (TPSA) is 509 Å². The second-order valence-electron chi connectivity index (χ2n) is 31.6. The van der Waals surface area contributed by atoms with Gasteiger partial charge in [0.2, 0.25) is 0 Å². The maximum Gasteiger partial charge on any atom is 0.308 e. The van der Waals surface area contributed by atoms with Crippen molar-refractivity contribution in [3.8, 4) is 0 Å². The summed E-state index contributed by atoms with van der Waals surface area (Å²) >= 11 is 0. The largest absolute Gasteiger partial charge is 0.481 e. The average molecular weight is 1600 g/mol. The van der Waals surface area contributed by atoms with Gasteiger partial charge in [-0.2, -0.15) is 0 Å². The van der Waals surface area contributed by atoms with Crippen molar-refractivity contribution in [1.82, 2.24) is 0 Å². The van der Waals surface area contributed by atoms with Gasteiger partial charge in [0.25, 0.3) is 0 Å². The van der Waals surface area contributed by atoms with E-state index in [1.54, 1.807) is 0 Å². The van der Waals surface area contributed by atoms with E-state index in [4.69, 9.17) is 40.9 Å². The molecule has 0 aromatic rings. The molecule has 0 radical (unpaired) electrons. The highest BCUT2D eigenvalue weighted by atomic mass is 16.6. The van der Waals surface area contributed by atoms with E-state index in [1.165, 1.54) is 56.9 Å². The molecule has 0 aromatic heterocycles. The van der Waals surface area contributed by atoms with E-state index in [2.05, 4.69) is 37.9 Å². The van der Waals surface area contributed by atoms with Gasteiger partial charge in [-0.1, -0.05) is 55.4 Å². The Balaban J connectivity index is 0.000000640. The monoisotopic (exact) mass is 1600 g/mol. The van der Waals surface area contributed by atoms with Gasteiger partial charge in [-0.05, 0) is 201 Å². The van der Waals surface area contributed by atoms with Crippen LogP contribution in [0.3, 0.4) is 0 Å². The molecular formula is C80H128O32. The van der Waals surface area contributed by atoms with Gasteiger partial charge in [0, 0.05) is 0 Å². The molecule has 0 spiro atoms. The van der Waals surface area contributed by atoms with Gasteiger partial charge in [-0.15, -0.1) is 0 Å². The third kappa shape index (κ3) is 33.3. The highest BCUT2D eigenvalue weighted by Crippen LogP contribution is 2.41. The molecule has 32 nitrogen and oxygen atoms in total. The van der Waals surface area contributed by atoms with Gasteiger partial charge in [0.1, 0.15) is 0 Å². The summed E-state index contributed by atoms with van der Waals surface area (Å²) in [6.07, 6.45) is 14.7. The Morgan fingerprint density at radius 1 is 0.170 bits per heavy atom. The van der Waals surface area contributed by atoms with Crippen LogP contribution in [0.15, 0.2) is 0 Å². The maximum atomic E-state index is 11.2. The average Bonchev–Trinajstić information content (AvgIpc) is 0.908.